The summed E-state index contributed by atoms with van der Waals surface area (Å²) < 4.78 is 11.2. The van der Waals surface area contributed by atoms with Gasteiger partial charge in [-0.15, -0.1) is 0 Å². The Morgan fingerprint density at radius 3 is 2.14 bits per heavy atom. The summed E-state index contributed by atoms with van der Waals surface area (Å²) in [6.07, 6.45) is 7.63. The van der Waals surface area contributed by atoms with Crippen LogP contribution < -0.4 is 10.2 Å². The van der Waals surface area contributed by atoms with Crippen molar-refractivity contribution in [3.8, 4) is 16.9 Å². The SMILES string of the molecule is C=C(C(=O)OC(C)(C)C)c1ccc(-c2ccc(OCC(=O)NO)cc2C23CC4CC(CC(C4)C2)C3)cc1. The van der Waals surface area contributed by atoms with E-state index in [1.165, 1.54) is 44.1 Å². The van der Waals surface area contributed by atoms with Crippen LogP contribution in [0.1, 0.15) is 70.4 Å². The van der Waals surface area contributed by atoms with Crippen LogP contribution in [0.3, 0.4) is 0 Å². The summed E-state index contributed by atoms with van der Waals surface area (Å²) in [6.45, 7) is 9.26. The van der Waals surface area contributed by atoms with Crippen molar-refractivity contribution in [3.05, 3.63) is 60.2 Å². The molecule has 2 aromatic carbocycles. The highest BCUT2D eigenvalue weighted by Crippen LogP contribution is 2.62. The van der Waals surface area contributed by atoms with E-state index >= 15 is 0 Å². The van der Waals surface area contributed by atoms with Crippen molar-refractivity contribution in [2.24, 2.45) is 17.8 Å². The summed E-state index contributed by atoms with van der Waals surface area (Å²) in [4.78, 5) is 24.1. The molecule has 0 atom stereocenters. The highest BCUT2D eigenvalue weighted by atomic mass is 16.6. The van der Waals surface area contributed by atoms with Gasteiger partial charge in [0.1, 0.15) is 11.4 Å². The van der Waals surface area contributed by atoms with Crippen molar-refractivity contribution in [3.63, 3.8) is 0 Å². The van der Waals surface area contributed by atoms with E-state index in [0.717, 1.165) is 34.4 Å². The van der Waals surface area contributed by atoms with Crippen molar-refractivity contribution < 1.29 is 24.3 Å². The molecule has 0 spiro atoms. The summed E-state index contributed by atoms with van der Waals surface area (Å²) in [5.74, 6) is 1.98. The summed E-state index contributed by atoms with van der Waals surface area (Å²) in [5, 5.41) is 8.85. The predicted octanol–water partition coefficient (Wildman–Crippen LogP) is 6.06. The number of esters is 1. The largest absolute Gasteiger partial charge is 0.484 e. The van der Waals surface area contributed by atoms with Crippen molar-refractivity contribution in [1.82, 2.24) is 5.48 Å². The number of nitrogens with one attached hydrogen (secondary N) is 1. The molecule has 4 bridgehead atoms. The highest BCUT2D eigenvalue weighted by Gasteiger charge is 2.52. The molecule has 6 nitrogen and oxygen atoms in total. The van der Waals surface area contributed by atoms with Gasteiger partial charge in [0, 0.05) is 0 Å². The maximum absolute atomic E-state index is 12.5. The Bertz CT molecular complexity index is 1170. The fourth-order valence-electron chi connectivity index (χ4n) is 7.23. The molecule has 4 aliphatic carbocycles. The molecule has 196 valence electrons. The van der Waals surface area contributed by atoms with Crippen LogP contribution in [0.4, 0.5) is 0 Å². The van der Waals surface area contributed by atoms with Crippen LogP contribution in [0.5, 0.6) is 5.75 Å². The molecular formula is C31H37NO5. The normalized spacial score (nSPS) is 26.0. The third kappa shape index (κ3) is 5.30. The lowest BCUT2D eigenvalue weighted by Gasteiger charge is -2.57. The minimum Gasteiger partial charge on any atom is -0.484 e. The zero-order valence-corrected chi connectivity index (χ0v) is 22.0. The van der Waals surface area contributed by atoms with Gasteiger partial charge in [-0.1, -0.05) is 36.9 Å². The van der Waals surface area contributed by atoms with E-state index in [0.29, 0.717) is 11.3 Å². The van der Waals surface area contributed by atoms with Crippen molar-refractivity contribution >= 4 is 17.4 Å². The molecule has 37 heavy (non-hydrogen) atoms. The topological polar surface area (TPSA) is 84.9 Å². The minimum absolute atomic E-state index is 0.113. The van der Waals surface area contributed by atoms with Gasteiger partial charge in [-0.05, 0) is 117 Å². The molecule has 0 aliphatic heterocycles. The Morgan fingerprint density at radius 1 is 1.00 bits per heavy atom. The molecular weight excluding hydrogens is 466 g/mol. The molecule has 0 saturated heterocycles. The molecule has 2 aromatic rings. The second-order valence-corrected chi connectivity index (χ2v) is 12.3. The van der Waals surface area contributed by atoms with Crippen LogP contribution >= 0.6 is 0 Å². The van der Waals surface area contributed by atoms with Crippen LogP contribution in [0, 0.1) is 17.8 Å². The van der Waals surface area contributed by atoms with Crippen LogP contribution in [0.25, 0.3) is 16.7 Å². The van der Waals surface area contributed by atoms with Gasteiger partial charge < -0.3 is 9.47 Å². The zero-order valence-electron chi connectivity index (χ0n) is 22.0. The van der Waals surface area contributed by atoms with E-state index in [1.807, 2.05) is 51.1 Å². The first-order valence-electron chi connectivity index (χ1n) is 13.3. The lowest BCUT2D eigenvalue weighted by atomic mass is 9.47. The van der Waals surface area contributed by atoms with E-state index in [4.69, 9.17) is 14.7 Å². The first-order chi connectivity index (χ1) is 17.5. The third-order valence-electron chi connectivity index (χ3n) is 8.28. The average molecular weight is 504 g/mol. The standard InChI is InChI=1S/C31H37NO5/c1-19(29(34)37-30(2,3)4)23-5-7-24(8-6-23)26-10-9-25(36-18-28(33)32-35)14-27(26)31-15-20-11-21(16-31)13-22(12-20)17-31/h5-10,14,20-22,35H,1,11-13,15-18H2,2-4H3,(H,32,33). The molecule has 4 aliphatic rings. The van der Waals surface area contributed by atoms with E-state index in [9.17, 15) is 9.59 Å². The summed E-state index contributed by atoms with van der Waals surface area (Å²) in [5.41, 5.74) is 5.77. The van der Waals surface area contributed by atoms with Gasteiger partial charge in [-0.25, -0.2) is 10.3 Å². The number of carbonyl (C=O) groups is 2. The second kappa shape index (κ2) is 9.64. The predicted molar refractivity (Wildman–Crippen MR) is 142 cm³/mol. The number of hydrogen-bond donors (Lipinski definition) is 2. The van der Waals surface area contributed by atoms with Gasteiger partial charge in [0.2, 0.25) is 0 Å². The van der Waals surface area contributed by atoms with Crippen LogP contribution in [0.15, 0.2) is 49.0 Å². The summed E-state index contributed by atoms with van der Waals surface area (Å²) in [6, 6.07) is 14.0. The van der Waals surface area contributed by atoms with Crippen LogP contribution in [0.2, 0.25) is 0 Å². The Balaban J connectivity index is 1.48. The van der Waals surface area contributed by atoms with Gasteiger partial charge in [0.15, 0.2) is 6.61 Å². The Kier molecular flexibility index (Phi) is 6.65. The fraction of sp³-hybridized carbons (Fsp3) is 0.484. The number of rotatable bonds is 7. The molecule has 2 N–H and O–H groups in total. The molecule has 0 heterocycles. The quantitative estimate of drug-likeness (QED) is 0.208. The number of hydroxylamine groups is 1. The van der Waals surface area contributed by atoms with Gasteiger partial charge in [-0.3, -0.25) is 10.0 Å². The van der Waals surface area contributed by atoms with Gasteiger partial charge in [0.25, 0.3) is 5.91 Å². The van der Waals surface area contributed by atoms with E-state index in [2.05, 4.69) is 18.7 Å². The van der Waals surface area contributed by atoms with Gasteiger partial charge >= 0.3 is 5.97 Å². The average Bonchev–Trinajstić information content (AvgIpc) is 2.85. The molecule has 0 unspecified atom stereocenters. The summed E-state index contributed by atoms with van der Waals surface area (Å²) in [7, 11) is 0. The first-order valence-corrected chi connectivity index (χ1v) is 13.3. The van der Waals surface area contributed by atoms with Gasteiger partial charge in [-0.2, -0.15) is 0 Å². The monoisotopic (exact) mass is 503 g/mol. The maximum atomic E-state index is 12.5. The van der Waals surface area contributed by atoms with E-state index < -0.39 is 17.5 Å². The maximum Gasteiger partial charge on any atom is 0.338 e. The smallest absolute Gasteiger partial charge is 0.338 e. The Hall–Kier alpha value is -3.12. The van der Waals surface area contributed by atoms with E-state index in [-0.39, 0.29) is 12.0 Å². The zero-order chi connectivity index (χ0) is 26.4. The van der Waals surface area contributed by atoms with Crippen LogP contribution in [-0.4, -0.2) is 29.3 Å². The highest BCUT2D eigenvalue weighted by molar-refractivity contribution is 6.15. The minimum atomic E-state index is -0.582. The molecule has 6 heteroatoms. The lowest BCUT2D eigenvalue weighted by molar-refractivity contribution is -0.147. The van der Waals surface area contributed by atoms with Crippen molar-refractivity contribution in [2.75, 3.05) is 6.61 Å². The van der Waals surface area contributed by atoms with Crippen molar-refractivity contribution in [2.45, 2.75) is 70.3 Å². The fourth-order valence-corrected chi connectivity index (χ4v) is 7.23. The number of benzene rings is 2. The molecule has 4 saturated carbocycles. The summed E-state index contributed by atoms with van der Waals surface area (Å²) >= 11 is 0. The molecule has 6 rings (SSSR count). The second-order valence-electron chi connectivity index (χ2n) is 12.3. The Morgan fingerprint density at radius 2 is 1.59 bits per heavy atom. The van der Waals surface area contributed by atoms with Crippen molar-refractivity contribution in [1.29, 1.82) is 0 Å². The van der Waals surface area contributed by atoms with E-state index in [1.54, 1.807) is 5.48 Å². The number of ether oxygens (including phenoxy) is 2. The van der Waals surface area contributed by atoms with Crippen LogP contribution in [-0.2, 0) is 19.7 Å². The first kappa shape index (κ1) is 25.5. The number of carbonyl (C=O) groups excluding carboxylic acids is 2. The molecule has 0 radical (unpaired) electrons. The molecule has 4 fully saturated rings. The third-order valence-corrected chi connectivity index (χ3v) is 8.28. The molecule has 0 aromatic heterocycles. The molecule has 1 amide bonds. The Labute approximate surface area is 219 Å². The lowest BCUT2D eigenvalue weighted by Crippen LogP contribution is -2.48. The number of amides is 1. The van der Waals surface area contributed by atoms with Gasteiger partial charge in [0.05, 0.1) is 5.57 Å². The number of hydrogen-bond acceptors (Lipinski definition) is 5.